The fraction of sp³-hybridized carbons (Fsp3) is 0.731. The zero-order valence-corrected chi connectivity index (χ0v) is 19.5. The predicted molar refractivity (Wildman–Crippen MR) is 123 cm³/mol. The first-order chi connectivity index (χ1) is 15.7. The van der Waals surface area contributed by atoms with E-state index in [1.165, 1.54) is 18.4 Å². The van der Waals surface area contributed by atoms with E-state index in [0.29, 0.717) is 18.6 Å². The molecule has 5 rings (SSSR count). The van der Waals surface area contributed by atoms with Gasteiger partial charge in [0.1, 0.15) is 5.75 Å². The summed E-state index contributed by atoms with van der Waals surface area (Å²) in [5.41, 5.74) is 1.37. The number of hydrogen-bond acceptors (Lipinski definition) is 5. The third kappa shape index (κ3) is 4.68. The standard InChI is InChI=1S/C26H38N2O4/c1-30-23-7-4-20(5-8-23)6-9-25(29)27-14-10-22(11-15-27)28-18-24(32-19-21-2-3-21)26(28)12-16-31-17-13-26/h4-5,7-8,21-22,24H,2-3,6,9-19H2,1H3. The van der Waals surface area contributed by atoms with Gasteiger partial charge in [-0.15, -0.1) is 0 Å². The molecule has 0 aromatic heterocycles. The second-order valence-electron chi connectivity index (χ2n) is 10.1. The molecule has 1 unspecified atom stereocenters. The highest BCUT2D eigenvalue weighted by atomic mass is 16.5. The summed E-state index contributed by atoms with van der Waals surface area (Å²) in [6.45, 7) is 5.46. The van der Waals surface area contributed by atoms with Crippen molar-refractivity contribution >= 4 is 5.91 Å². The monoisotopic (exact) mass is 442 g/mol. The maximum atomic E-state index is 12.8. The van der Waals surface area contributed by atoms with E-state index in [4.69, 9.17) is 14.2 Å². The molecule has 3 heterocycles. The summed E-state index contributed by atoms with van der Waals surface area (Å²) in [6, 6.07) is 8.60. The third-order valence-electron chi connectivity index (χ3n) is 8.17. The van der Waals surface area contributed by atoms with E-state index in [1.807, 2.05) is 12.1 Å². The highest BCUT2D eigenvalue weighted by Crippen LogP contribution is 2.45. The molecular formula is C26H38N2O4. The van der Waals surface area contributed by atoms with Gasteiger partial charge < -0.3 is 19.1 Å². The minimum absolute atomic E-state index is 0.179. The highest BCUT2D eigenvalue weighted by molar-refractivity contribution is 5.76. The SMILES string of the molecule is COc1ccc(CCC(=O)N2CCC(N3CC(OCC4CC4)C34CCOCC4)CC2)cc1. The minimum atomic E-state index is 0.179. The van der Waals surface area contributed by atoms with Crippen molar-refractivity contribution in [3.05, 3.63) is 29.8 Å². The summed E-state index contributed by atoms with van der Waals surface area (Å²) in [7, 11) is 1.67. The number of piperidine rings is 1. The summed E-state index contributed by atoms with van der Waals surface area (Å²) in [6.07, 6.45) is 8.76. The minimum Gasteiger partial charge on any atom is -0.497 e. The molecule has 0 bridgehead atoms. The van der Waals surface area contributed by atoms with Crippen LogP contribution in [-0.4, -0.2) is 80.0 Å². The zero-order valence-electron chi connectivity index (χ0n) is 19.5. The second-order valence-corrected chi connectivity index (χ2v) is 10.1. The second kappa shape index (κ2) is 9.70. The molecular weight excluding hydrogens is 404 g/mol. The first-order valence-corrected chi connectivity index (χ1v) is 12.5. The van der Waals surface area contributed by atoms with Gasteiger partial charge in [-0.1, -0.05) is 12.1 Å². The molecule has 4 aliphatic rings. The Bertz CT molecular complexity index is 765. The predicted octanol–water partition coefficient (Wildman–Crippen LogP) is 3.28. The molecule has 0 radical (unpaired) electrons. The van der Waals surface area contributed by atoms with Crippen LogP contribution in [-0.2, 0) is 20.7 Å². The van der Waals surface area contributed by atoms with Crippen LogP contribution in [0.5, 0.6) is 5.75 Å². The van der Waals surface area contributed by atoms with E-state index in [9.17, 15) is 4.79 Å². The smallest absolute Gasteiger partial charge is 0.222 e. The van der Waals surface area contributed by atoms with E-state index in [0.717, 1.165) is 83.2 Å². The Labute approximate surface area is 192 Å². The van der Waals surface area contributed by atoms with Crippen molar-refractivity contribution in [1.82, 2.24) is 9.80 Å². The number of amides is 1. The first kappa shape index (κ1) is 22.2. The van der Waals surface area contributed by atoms with Gasteiger partial charge in [-0.25, -0.2) is 0 Å². The Morgan fingerprint density at radius 1 is 1.09 bits per heavy atom. The summed E-state index contributed by atoms with van der Waals surface area (Å²) in [5.74, 6) is 1.96. The van der Waals surface area contributed by atoms with Crippen LogP contribution in [0.4, 0.5) is 0 Å². The fourth-order valence-electron chi connectivity index (χ4n) is 5.82. The van der Waals surface area contributed by atoms with Crippen molar-refractivity contribution in [2.24, 2.45) is 5.92 Å². The van der Waals surface area contributed by atoms with Gasteiger partial charge in [-0.2, -0.15) is 0 Å². The van der Waals surface area contributed by atoms with Crippen LogP contribution in [0.3, 0.4) is 0 Å². The Hall–Kier alpha value is -1.63. The van der Waals surface area contributed by atoms with E-state index >= 15 is 0 Å². The number of nitrogens with zero attached hydrogens (tertiary/aromatic N) is 2. The molecule has 4 fully saturated rings. The lowest BCUT2D eigenvalue weighted by Gasteiger charge is -2.63. The number of methoxy groups -OCH3 is 1. The molecule has 176 valence electrons. The molecule has 1 aliphatic carbocycles. The number of likely N-dealkylation sites (tertiary alicyclic amines) is 2. The maximum absolute atomic E-state index is 12.8. The Kier molecular flexibility index (Phi) is 6.72. The Morgan fingerprint density at radius 2 is 1.81 bits per heavy atom. The van der Waals surface area contributed by atoms with Gasteiger partial charge in [0.2, 0.25) is 5.91 Å². The average molecular weight is 443 g/mol. The average Bonchev–Trinajstić information content (AvgIpc) is 3.67. The molecule has 1 aromatic carbocycles. The number of benzene rings is 1. The van der Waals surface area contributed by atoms with Crippen LogP contribution < -0.4 is 4.74 Å². The van der Waals surface area contributed by atoms with Gasteiger partial charge in [0.05, 0.1) is 18.8 Å². The topological polar surface area (TPSA) is 51.2 Å². The normalized spacial score (nSPS) is 26.2. The van der Waals surface area contributed by atoms with Crippen molar-refractivity contribution < 1.29 is 19.0 Å². The molecule has 6 heteroatoms. The Morgan fingerprint density at radius 3 is 2.47 bits per heavy atom. The number of carbonyl (C=O) groups excluding carboxylic acids is 1. The van der Waals surface area contributed by atoms with Crippen molar-refractivity contribution in [1.29, 1.82) is 0 Å². The molecule has 1 saturated carbocycles. The third-order valence-corrected chi connectivity index (χ3v) is 8.17. The molecule has 1 atom stereocenters. The van der Waals surface area contributed by atoms with Gasteiger partial charge in [-0.3, -0.25) is 9.69 Å². The number of ether oxygens (including phenoxy) is 3. The van der Waals surface area contributed by atoms with Gasteiger partial charge in [-0.05, 0) is 68.6 Å². The van der Waals surface area contributed by atoms with Crippen molar-refractivity contribution in [3.8, 4) is 5.75 Å². The Balaban J connectivity index is 1.10. The van der Waals surface area contributed by atoms with Crippen molar-refractivity contribution in [3.63, 3.8) is 0 Å². The zero-order chi connectivity index (χ0) is 22.0. The van der Waals surface area contributed by atoms with Crippen LogP contribution in [0.15, 0.2) is 24.3 Å². The number of carbonyl (C=O) groups is 1. The van der Waals surface area contributed by atoms with Crippen LogP contribution >= 0.6 is 0 Å². The van der Waals surface area contributed by atoms with Crippen molar-refractivity contribution in [2.75, 3.05) is 46.6 Å². The van der Waals surface area contributed by atoms with Crippen LogP contribution in [0.1, 0.15) is 50.5 Å². The molecule has 3 aliphatic heterocycles. The molecule has 0 N–H and O–H groups in total. The maximum Gasteiger partial charge on any atom is 0.222 e. The number of aryl methyl sites for hydroxylation is 1. The first-order valence-electron chi connectivity index (χ1n) is 12.5. The number of hydrogen-bond donors (Lipinski definition) is 0. The van der Waals surface area contributed by atoms with Crippen LogP contribution in [0, 0.1) is 5.92 Å². The quantitative estimate of drug-likeness (QED) is 0.619. The summed E-state index contributed by atoms with van der Waals surface area (Å²) in [5, 5.41) is 0. The largest absolute Gasteiger partial charge is 0.497 e. The van der Waals surface area contributed by atoms with Crippen LogP contribution in [0.25, 0.3) is 0 Å². The lowest BCUT2D eigenvalue weighted by atomic mass is 9.73. The fourth-order valence-corrected chi connectivity index (χ4v) is 5.82. The molecule has 3 saturated heterocycles. The van der Waals surface area contributed by atoms with E-state index in [-0.39, 0.29) is 11.4 Å². The molecule has 1 amide bonds. The van der Waals surface area contributed by atoms with Crippen LogP contribution in [0.2, 0.25) is 0 Å². The molecule has 1 spiro atoms. The van der Waals surface area contributed by atoms with Gasteiger partial charge in [0.25, 0.3) is 0 Å². The molecule has 6 nitrogen and oxygen atoms in total. The summed E-state index contributed by atoms with van der Waals surface area (Å²) >= 11 is 0. The lowest BCUT2D eigenvalue weighted by molar-refractivity contribution is -0.217. The van der Waals surface area contributed by atoms with Crippen molar-refractivity contribution in [2.45, 2.75) is 69.1 Å². The summed E-state index contributed by atoms with van der Waals surface area (Å²) < 4.78 is 17.3. The van der Waals surface area contributed by atoms with Gasteiger partial charge in [0.15, 0.2) is 0 Å². The van der Waals surface area contributed by atoms with Gasteiger partial charge in [0, 0.05) is 51.9 Å². The van der Waals surface area contributed by atoms with E-state index in [1.54, 1.807) is 7.11 Å². The summed E-state index contributed by atoms with van der Waals surface area (Å²) in [4.78, 5) is 17.6. The van der Waals surface area contributed by atoms with E-state index in [2.05, 4.69) is 21.9 Å². The molecule has 32 heavy (non-hydrogen) atoms. The van der Waals surface area contributed by atoms with Gasteiger partial charge >= 0.3 is 0 Å². The highest BCUT2D eigenvalue weighted by Gasteiger charge is 2.57. The lowest BCUT2D eigenvalue weighted by Crippen LogP contribution is -2.76. The number of rotatable bonds is 8. The molecule has 1 aromatic rings. The van der Waals surface area contributed by atoms with E-state index < -0.39 is 0 Å².